The molecule has 1 aromatic heterocycles. The molecule has 0 aliphatic rings. The van der Waals surface area contributed by atoms with Crippen molar-refractivity contribution in [3.63, 3.8) is 0 Å². The fourth-order valence-corrected chi connectivity index (χ4v) is 4.35. The summed E-state index contributed by atoms with van der Waals surface area (Å²) in [6.07, 6.45) is 0. The van der Waals surface area contributed by atoms with Crippen molar-refractivity contribution in [3.8, 4) is 11.5 Å². The Morgan fingerprint density at radius 3 is 2.11 bits per heavy atom. The predicted molar refractivity (Wildman–Crippen MR) is 149 cm³/mol. The van der Waals surface area contributed by atoms with E-state index in [1.54, 1.807) is 48.5 Å². The summed E-state index contributed by atoms with van der Waals surface area (Å²) in [5.41, 5.74) is 1.76. The van der Waals surface area contributed by atoms with Crippen LogP contribution in [0.1, 0.15) is 33.2 Å². The lowest BCUT2D eigenvalue weighted by Gasteiger charge is -2.22. The zero-order valence-corrected chi connectivity index (χ0v) is 21.1. The molecule has 1 heterocycles. The Labute approximate surface area is 220 Å². The summed E-state index contributed by atoms with van der Waals surface area (Å²) >= 11 is 0. The first-order valence-electron chi connectivity index (χ1n) is 12.4. The van der Waals surface area contributed by atoms with Crippen molar-refractivity contribution in [1.29, 1.82) is 0 Å². The van der Waals surface area contributed by atoms with Gasteiger partial charge in [-0.2, -0.15) is 0 Å². The number of fused-ring (bicyclic) bond motifs is 1. The molecule has 0 saturated carbocycles. The van der Waals surface area contributed by atoms with E-state index < -0.39 is 17.4 Å². The third kappa shape index (κ3) is 4.84. The lowest BCUT2D eigenvalue weighted by molar-refractivity contribution is 0.0959. The topological polar surface area (TPSA) is 68.6 Å². The van der Waals surface area contributed by atoms with Crippen molar-refractivity contribution in [1.82, 2.24) is 4.57 Å². The van der Waals surface area contributed by atoms with Gasteiger partial charge in [0.25, 0.3) is 17.4 Å². The fraction of sp³-hybridized carbons (Fsp3) is 0.0938. The number of hydrogen-bond donors (Lipinski definition) is 0. The van der Waals surface area contributed by atoms with Crippen LogP contribution in [0.4, 0.5) is 5.69 Å². The number of nitrogens with zero attached hydrogens (tertiary/aromatic N) is 2. The van der Waals surface area contributed by atoms with Crippen LogP contribution in [-0.4, -0.2) is 22.9 Å². The summed E-state index contributed by atoms with van der Waals surface area (Å²) in [7, 11) is 0. The fourth-order valence-electron chi connectivity index (χ4n) is 4.35. The number of amides is 1. The number of aryl methyl sites for hydroxylation is 1. The van der Waals surface area contributed by atoms with E-state index in [2.05, 4.69) is 0 Å². The Kier molecular flexibility index (Phi) is 6.87. The Morgan fingerprint density at radius 1 is 0.789 bits per heavy atom. The van der Waals surface area contributed by atoms with E-state index in [0.717, 1.165) is 10.1 Å². The van der Waals surface area contributed by atoms with Gasteiger partial charge in [0.1, 0.15) is 17.1 Å². The maximum atomic E-state index is 13.7. The van der Waals surface area contributed by atoms with Crippen LogP contribution in [0.5, 0.6) is 11.5 Å². The van der Waals surface area contributed by atoms with Crippen LogP contribution in [0.2, 0.25) is 0 Å². The molecule has 0 aliphatic heterocycles. The van der Waals surface area contributed by atoms with Crippen molar-refractivity contribution in [2.45, 2.75) is 13.8 Å². The molecule has 0 saturated heterocycles. The third-order valence-electron chi connectivity index (χ3n) is 6.33. The smallest absolute Gasteiger partial charge is 0.270 e. The molecular formula is C32H26N2O4. The molecule has 0 aliphatic carbocycles. The summed E-state index contributed by atoms with van der Waals surface area (Å²) in [5.74, 6) is 0.255. The van der Waals surface area contributed by atoms with Crippen molar-refractivity contribution < 1.29 is 14.3 Å². The lowest BCUT2D eigenvalue weighted by atomic mass is 10.1. The maximum Gasteiger partial charge on any atom is 0.270 e. The number of rotatable bonds is 6. The van der Waals surface area contributed by atoms with Gasteiger partial charge in [0, 0.05) is 17.8 Å². The highest BCUT2D eigenvalue weighted by molar-refractivity contribution is 6.09. The highest BCUT2D eigenvalue weighted by atomic mass is 16.5. The minimum absolute atomic E-state index is 0.0662. The van der Waals surface area contributed by atoms with Crippen LogP contribution in [0.3, 0.4) is 0 Å². The summed E-state index contributed by atoms with van der Waals surface area (Å²) < 4.78 is 6.90. The Hall–Kier alpha value is -4.97. The second kappa shape index (κ2) is 10.6. The van der Waals surface area contributed by atoms with Gasteiger partial charge in [-0.1, -0.05) is 54.1 Å². The van der Waals surface area contributed by atoms with Crippen LogP contribution in [-0.2, 0) is 0 Å². The van der Waals surface area contributed by atoms with Crippen LogP contribution >= 0.6 is 0 Å². The number of aromatic nitrogens is 1. The van der Waals surface area contributed by atoms with Crippen molar-refractivity contribution in [2.24, 2.45) is 0 Å². The number of carbonyl (C=O) groups excluding carboxylic acids is 2. The molecule has 4 aromatic carbocycles. The molecule has 0 atom stereocenters. The number of para-hydroxylation sites is 2. The lowest BCUT2D eigenvalue weighted by Crippen LogP contribution is -2.38. The normalized spacial score (nSPS) is 10.8. The second-order valence-electron chi connectivity index (χ2n) is 8.89. The summed E-state index contributed by atoms with van der Waals surface area (Å²) in [6.45, 7) is 4.18. The molecule has 0 N–H and O–H groups in total. The average Bonchev–Trinajstić information content (AvgIpc) is 2.94. The van der Waals surface area contributed by atoms with E-state index >= 15 is 0 Å². The first-order valence-corrected chi connectivity index (χ1v) is 12.4. The number of hydrogen-bond acceptors (Lipinski definition) is 4. The minimum atomic E-state index is -0.658. The van der Waals surface area contributed by atoms with Crippen molar-refractivity contribution in [3.05, 3.63) is 136 Å². The Balaban J connectivity index is 1.54. The minimum Gasteiger partial charge on any atom is -0.457 e. The molecule has 6 heteroatoms. The number of pyridine rings is 1. The maximum absolute atomic E-state index is 13.7. The van der Waals surface area contributed by atoms with Crippen LogP contribution < -0.4 is 15.2 Å². The van der Waals surface area contributed by atoms with Crippen LogP contribution in [0, 0.1) is 6.92 Å². The third-order valence-corrected chi connectivity index (χ3v) is 6.33. The average molecular weight is 503 g/mol. The van der Waals surface area contributed by atoms with E-state index in [1.165, 1.54) is 4.90 Å². The first-order chi connectivity index (χ1) is 18.5. The van der Waals surface area contributed by atoms with Gasteiger partial charge >= 0.3 is 0 Å². The highest BCUT2D eigenvalue weighted by Crippen LogP contribution is 2.23. The van der Waals surface area contributed by atoms with Gasteiger partial charge in [-0.3, -0.25) is 14.4 Å². The van der Waals surface area contributed by atoms with E-state index in [1.807, 2.05) is 74.5 Å². The van der Waals surface area contributed by atoms with Crippen LogP contribution in [0.25, 0.3) is 10.9 Å². The van der Waals surface area contributed by atoms with Crippen molar-refractivity contribution >= 4 is 28.4 Å². The van der Waals surface area contributed by atoms with Gasteiger partial charge in [0.2, 0.25) is 0 Å². The van der Waals surface area contributed by atoms with E-state index in [4.69, 9.17) is 4.74 Å². The molecule has 0 unspecified atom stereocenters. The number of anilines is 1. The Morgan fingerprint density at radius 2 is 1.42 bits per heavy atom. The molecule has 5 aromatic rings. The molecule has 0 radical (unpaired) electrons. The predicted octanol–water partition coefficient (Wildman–Crippen LogP) is 6.46. The molecule has 1 amide bonds. The van der Waals surface area contributed by atoms with E-state index in [0.29, 0.717) is 40.2 Å². The number of ether oxygens (including phenoxy) is 1. The highest BCUT2D eigenvalue weighted by Gasteiger charge is 2.24. The zero-order valence-electron chi connectivity index (χ0n) is 21.1. The number of benzene rings is 4. The molecule has 38 heavy (non-hydrogen) atoms. The molecule has 0 fully saturated rings. The molecule has 6 nitrogen and oxygen atoms in total. The van der Waals surface area contributed by atoms with Gasteiger partial charge in [-0.15, -0.1) is 0 Å². The summed E-state index contributed by atoms with van der Waals surface area (Å²) in [6, 6.07) is 32.0. The molecule has 0 spiro atoms. The van der Waals surface area contributed by atoms with E-state index in [-0.39, 0.29) is 5.56 Å². The first kappa shape index (κ1) is 24.7. The van der Waals surface area contributed by atoms with Gasteiger partial charge < -0.3 is 9.64 Å². The second-order valence-corrected chi connectivity index (χ2v) is 8.89. The quantitative estimate of drug-likeness (QED) is 0.267. The molecule has 0 bridgehead atoms. The van der Waals surface area contributed by atoms with Gasteiger partial charge in [-0.25, -0.2) is 4.57 Å². The SMILES string of the molecule is CCN(C(=O)c1cc2ccccc2n(C(=O)c2ccc(Oc3ccccc3)cc2)c1=O)c1ccc(C)cc1. The van der Waals surface area contributed by atoms with Crippen molar-refractivity contribution in [2.75, 3.05) is 11.4 Å². The van der Waals surface area contributed by atoms with Gasteiger partial charge in [0.15, 0.2) is 0 Å². The molecule has 188 valence electrons. The molecule has 5 rings (SSSR count). The zero-order chi connectivity index (χ0) is 26.6. The largest absolute Gasteiger partial charge is 0.457 e. The Bertz CT molecular complexity index is 1670. The van der Waals surface area contributed by atoms with Crippen LogP contribution in [0.15, 0.2) is 114 Å². The van der Waals surface area contributed by atoms with Gasteiger partial charge in [-0.05, 0) is 79.9 Å². The molecular weight excluding hydrogens is 476 g/mol. The number of carbonyl (C=O) groups is 2. The summed E-state index contributed by atoms with van der Waals surface area (Å²) in [5, 5.41) is 0.618. The standard InChI is InChI=1S/C32H26N2O4/c1-3-33(25-17-13-22(2)14-18-25)31(36)28-21-24-9-7-8-12-29(24)34(32(28)37)30(35)23-15-19-27(20-16-23)38-26-10-5-4-6-11-26/h4-21H,3H2,1-2H3. The van der Waals surface area contributed by atoms with Gasteiger partial charge in [0.05, 0.1) is 5.52 Å². The van der Waals surface area contributed by atoms with E-state index in [9.17, 15) is 14.4 Å². The summed E-state index contributed by atoms with van der Waals surface area (Å²) in [4.78, 5) is 42.6. The monoisotopic (exact) mass is 502 g/mol.